The van der Waals surface area contributed by atoms with Crippen molar-refractivity contribution in [3.63, 3.8) is 0 Å². The number of aliphatic hydroxyl groups excluding tert-OH is 2. The maximum Gasteiger partial charge on any atom is 0.305 e. The summed E-state index contributed by atoms with van der Waals surface area (Å²) in [6.07, 6.45) is 67.8. The highest BCUT2D eigenvalue weighted by Gasteiger charge is 2.20. The van der Waals surface area contributed by atoms with E-state index >= 15 is 0 Å². The van der Waals surface area contributed by atoms with Gasteiger partial charge in [0.15, 0.2) is 0 Å². The summed E-state index contributed by atoms with van der Waals surface area (Å²) in [5, 5.41) is 23.3. The van der Waals surface area contributed by atoms with E-state index in [1.807, 2.05) is 0 Å². The van der Waals surface area contributed by atoms with Gasteiger partial charge in [0.25, 0.3) is 0 Å². The quantitative estimate of drug-likeness (QED) is 0.0321. The summed E-state index contributed by atoms with van der Waals surface area (Å²) in [5.74, 6) is -0.0389. The van der Waals surface area contributed by atoms with Gasteiger partial charge in [-0.2, -0.15) is 0 Å². The van der Waals surface area contributed by atoms with Gasteiger partial charge in [-0.1, -0.05) is 289 Å². The molecule has 0 spiro atoms. The number of hydrogen-bond donors (Lipinski definition) is 3. The van der Waals surface area contributed by atoms with Crippen LogP contribution >= 0.6 is 0 Å². The van der Waals surface area contributed by atoms with E-state index in [9.17, 15) is 19.8 Å². The molecule has 0 aliphatic heterocycles. The summed E-state index contributed by atoms with van der Waals surface area (Å²) in [4.78, 5) is 24.6. The van der Waals surface area contributed by atoms with E-state index in [0.29, 0.717) is 25.9 Å². The van der Waals surface area contributed by atoms with Crippen LogP contribution in [0.15, 0.2) is 12.2 Å². The molecular weight excluding hydrogens is 827 g/mol. The molecule has 0 aromatic carbocycles. The third-order valence-corrected chi connectivity index (χ3v) is 14.3. The van der Waals surface area contributed by atoms with Crippen LogP contribution in [-0.2, 0) is 14.3 Å². The first-order chi connectivity index (χ1) is 33.0. The van der Waals surface area contributed by atoms with Crippen molar-refractivity contribution >= 4 is 11.9 Å². The van der Waals surface area contributed by atoms with Crippen molar-refractivity contribution in [2.24, 2.45) is 0 Å². The lowest BCUT2D eigenvalue weighted by molar-refractivity contribution is -0.143. The number of nitrogens with one attached hydrogen (secondary N) is 1. The fourth-order valence-electron chi connectivity index (χ4n) is 9.64. The van der Waals surface area contributed by atoms with Gasteiger partial charge in [0.05, 0.1) is 25.4 Å². The molecule has 67 heavy (non-hydrogen) atoms. The van der Waals surface area contributed by atoms with Crippen LogP contribution in [0.3, 0.4) is 0 Å². The van der Waals surface area contributed by atoms with Crippen LogP contribution in [0.25, 0.3) is 0 Å². The molecule has 0 saturated carbocycles. The number of hydrogen-bond acceptors (Lipinski definition) is 5. The van der Waals surface area contributed by atoms with Crippen LogP contribution in [0, 0.1) is 0 Å². The van der Waals surface area contributed by atoms with Crippen LogP contribution in [0.4, 0.5) is 0 Å². The number of aliphatic hydroxyl groups is 2. The van der Waals surface area contributed by atoms with E-state index in [-0.39, 0.29) is 18.5 Å². The van der Waals surface area contributed by atoms with Crippen molar-refractivity contribution in [2.45, 2.75) is 353 Å². The second-order valence-electron chi connectivity index (χ2n) is 21.0. The number of amides is 1. The Bertz CT molecular complexity index is 1000. The molecule has 0 aromatic rings. The fourth-order valence-corrected chi connectivity index (χ4v) is 9.64. The summed E-state index contributed by atoms with van der Waals surface area (Å²) in [6.45, 7) is 4.96. The van der Waals surface area contributed by atoms with E-state index in [4.69, 9.17) is 4.74 Å². The molecule has 2 unspecified atom stereocenters. The Labute approximate surface area is 419 Å². The Balaban J connectivity index is 3.41. The van der Waals surface area contributed by atoms with Gasteiger partial charge in [-0.05, 0) is 51.4 Å². The van der Waals surface area contributed by atoms with E-state index in [2.05, 4.69) is 31.3 Å². The lowest BCUT2D eigenvalue weighted by atomic mass is 10.0. The summed E-state index contributed by atoms with van der Waals surface area (Å²) in [6, 6.07) is -0.545. The van der Waals surface area contributed by atoms with Crippen LogP contribution in [0.5, 0.6) is 0 Å². The first-order valence-corrected chi connectivity index (χ1v) is 30.4. The molecule has 6 heteroatoms. The highest BCUT2D eigenvalue weighted by Crippen LogP contribution is 2.18. The van der Waals surface area contributed by atoms with Crippen molar-refractivity contribution in [2.75, 3.05) is 13.2 Å². The topological polar surface area (TPSA) is 95.9 Å². The Morgan fingerprint density at radius 1 is 0.403 bits per heavy atom. The zero-order valence-electron chi connectivity index (χ0n) is 45.4. The molecule has 0 fully saturated rings. The van der Waals surface area contributed by atoms with Crippen LogP contribution < -0.4 is 5.32 Å². The maximum atomic E-state index is 12.5. The van der Waals surface area contributed by atoms with Crippen molar-refractivity contribution < 1.29 is 24.5 Å². The molecular formula is C61H119NO5. The fraction of sp³-hybridized carbons (Fsp3) is 0.934. The summed E-state index contributed by atoms with van der Waals surface area (Å²) in [7, 11) is 0. The van der Waals surface area contributed by atoms with Gasteiger partial charge in [0, 0.05) is 12.8 Å². The predicted octanol–water partition coefficient (Wildman–Crippen LogP) is 18.9. The van der Waals surface area contributed by atoms with Crippen LogP contribution in [-0.4, -0.2) is 47.4 Å². The van der Waals surface area contributed by atoms with Crippen LogP contribution in [0.2, 0.25) is 0 Å². The third-order valence-electron chi connectivity index (χ3n) is 14.3. The second-order valence-corrected chi connectivity index (χ2v) is 21.0. The molecule has 0 radical (unpaired) electrons. The largest absolute Gasteiger partial charge is 0.466 e. The van der Waals surface area contributed by atoms with E-state index in [1.54, 1.807) is 0 Å². The lowest BCUT2D eigenvalue weighted by Gasteiger charge is -2.22. The highest BCUT2D eigenvalue weighted by molar-refractivity contribution is 5.76. The number of ether oxygens (including phenoxy) is 1. The minimum atomic E-state index is -0.668. The maximum absolute atomic E-state index is 12.5. The van der Waals surface area contributed by atoms with Gasteiger partial charge in [-0.25, -0.2) is 0 Å². The Kier molecular flexibility index (Phi) is 56.0. The molecule has 398 valence electrons. The molecule has 0 rings (SSSR count). The number of unbranched alkanes of at least 4 members (excludes halogenated alkanes) is 44. The standard InChI is InChI=1S/C61H119NO5/c1-3-5-7-9-11-13-15-17-19-20-22-26-29-33-37-41-45-49-53-59(64)58(57-63)62-60(65)54-50-46-42-38-34-30-27-23-21-24-28-32-36-40-44-48-52-56-67-61(66)55-51-47-43-39-35-31-25-18-16-14-12-10-8-6-4-2/h18,25,58-59,63-64H,3-17,19-24,26-57H2,1-2H3,(H,62,65)/b25-18-. The van der Waals surface area contributed by atoms with Crippen LogP contribution in [0.1, 0.15) is 341 Å². The molecule has 1 amide bonds. The minimum Gasteiger partial charge on any atom is -0.466 e. The number of carbonyl (C=O) groups excluding carboxylic acids is 2. The van der Waals surface area contributed by atoms with Gasteiger partial charge in [-0.3, -0.25) is 9.59 Å². The molecule has 0 heterocycles. The van der Waals surface area contributed by atoms with E-state index in [1.165, 1.54) is 263 Å². The number of esters is 1. The first kappa shape index (κ1) is 65.6. The van der Waals surface area contributed by atoms with Gasteiger partial charge in [-0.15, -0.1) is 0 Å². The summed E-state index contributed by atoms with van der Waals surface area (Å²) in [5.41, 5.74) is 0. The molecule has 0 aliphatic rings. The zero-order chi connectivity index (χ0) is 48.6. The smallest absolute Gasteiger partial charge is 0.305 e. The molecule has 6 nitrogen and oxygen atoms in total. The summed E-state index contributed by atoms with van der Waals surface area (Å²) < 4.78 is 5.48. The molecule has 0 aromatic heterocycles. The normalized spacial score (nSPS) is 12.6. The number of rotatable bonds is 57. The highest BCUT2D eigenvalue weighted by atomic mass is 16.5. The average molecular weight is 947 g/mol. The van der Waals surface area contributed by atoms with Gasteiger partial charge in [0.2, 0.25) is 5.91 Å². The first-order valence-electron chi connectivity index (χ1n) is 30.4. The number of carbonyl (C=O) groups is 2. The lowest BCUT2D eigenvalue weighted by Crippen LogP contribution is -2.45. The van der Waals surface area contributed by atoms with Crippen molar-refractivity contribution in [1.82, 2.24) is 5.32 Å². The molecule has 2 atom stereocenters. The van der Waals surface area contributed by atoms with Gasteiger partial charge in [0.1, 0.15) is 0 Å². The van der Waals surface area contributed by atoms with Crippen molar-refractivity contribution in [1.29, 1.82) is 0 Å². The Hall–Kier alpha value is -1.40. The van der Waals surface area contributed by atoms with E-state index in [0.717, 1.165) is 44.9 Å². The Morgan fingerprint density at radius 2 is 0.701 bits per heavy atom. The van der Waals surface area contributed by atoms with Crippen molar-refractivity contribution in [3.8, 4) is 0 Å². The minimum absolute atomic E-state index is 0.00164. The molecule has 0 bridgehead atoms. The average Bonchev–Trinajstić information content (AvgIpc) is 3.33. The summed E-state index contributed by atoms with van der Waals surface area (Å²) >= 11 is 0. The molecule has 0 aliphatic carbocycles. The molecule has 0 saturated heterocycles. The van der Waals surface area contributed by atoms with Gasteiger partial charge >= 0.3 is 5.97 Å². The zero-order valence-corrected chi connectivity index (χ0v) is 45.4. The third kappa shape index (κ3) is 53.8. The van der Waals surface area contributed by atoms with Gasteiger partial charge < -0.3 is 20.3 Å². The van der Waals surface area contributed by atoms with Crippen molar-refractivity contribution in [3.05, 3.63) is 12.2 Å². The SMILES string of the molecule is CCCCCCCC/C=C\CCCCCCCC(=O)OCCCCCCCCCCCCCCCCCCCC(=O)NC(CO)C(O)CCCCCCCCCCCCCCCCCCCC. The van der Waals surface area contributed by atoms with E-state index < -0.39 is 12.1 Å². The molecule has 3 N–H and O–H groups in total. The Morgan fingerprint density at radius 3 is 1.06 bits per heavy atom. The monoisotopic (exact) mass is 946 g/mol. The second kappa shape index (κ2) is 57.2. The number of allylic oxidation sites excluding steroid dienone is 2. The predicted molar refractivity (Wildman–Crippen MR) is 292 cm³/mol.